The van der Waals surface area contributed by atoms with Crippen molar-refractivity contribution in [1.82, 2.24) is 15.2 Å². The Labute approximate surface area is 129 Å². The number of amides is 2. The molecule has 3 unspecified atom stereocenters. The molecule has 1 aliphatic heterocycles. The summed E-state index contributed by atoms with van der Waals surface area (Å²) in [5.41, 5.74) is 0. The van der Waals surface area contributed by atoms with Gasteiger partial charge in [-0.05, 0) is 19.3 Å². The Balaban J connectivity index is 2.18. The number of hydrogen-bond acceptors (Lipinski definition) is 4. The van der Waals surface area contributed by atoms with Crippen LogP contribution in [0.4, 0.5) is 0 Å². The molecule has 2 heterocycles. The molecule has 1 aromatic heterocycles. The minimum atomic E-state index is -0.438. The predicted octanol–water partition coefficient (Wildman–Crippen LogP) is 1.97. The van der Waals surface area contributed by atoms with E-state index in [1.165, 1.54) is 4.88 Å². The molecule has 1 aliphatic rings. The van der Waals surface area contributed by atoms with Crippen molar-refractivity contribution in [2.24, 2.45) is 5.92 Å². The average molecular weight is 309 g/mol. The van der Waals surface area contributed by atoms with Crippen molar-refractivity contribution in [1.29, 1.82) is 0 Å². The topological polar surface area (TPSA) is 62.3 Å². The first-order valence-corrected chi connectivity index (χ1v) is 8.34. The molecule has 2 amide bonds. The fraction of sp³-hybridized carbons (Fsp3) is 0.667. The molecular formula is C15H23N3O2S. The number of nitrogens with one attached hydrogen (secondary N) is 1. The molecule has 1 fully saturated rings. The van der Waals surface area contributed by atoms with Crippen LogP contribution >= 0.6 is 11.3 Å². The highest BCUT2D eigenvalue weighted by molar-refractivity contribution is 7.11. The van der Waals surface area contributed by atoms with Crippen molar-refractivity contribution < 1.29 is 9.59 Å². The highest BCUT2D eigenvalue weighted by Crippen LogP contribution is 2.22. The molecule has 1 aromatic rings. The van der Waals surface area contributed by atoms with Gasteiger partial charge >= 0.3 is 0 Å². The Morgan fingerprint density at radius 2 is 2.14 bits per heavy atom. The maximum Gasteiger partial charge on any atom is 0.246 e. The van der Waals surface area contributed by atoms with Gasteiger partial charge in [-0.3, -0.25) is 9.59 Å². The smallest absolute Gasteiger partial charge is 0.246 e. The molecule has 1 N–H and O–H groups in total. The summed E-state index contributed by atoms with van der Waals surface area (Å²) in [5.74, 6) is 0.0656. The van der Waals surface area contributed by atoms with Gasteiger partial charge in [-0.1, -0.05) is 27.2 Å². The first kappa shape index (κ1) is 15.9. The van der Waals surface area contributed by atoms with Gasteiger partial charge in [0.05, 0.1) is 6.54 Å². The molecule has 21 heavy (non-hydrogen) atoms. The van der Waals surface area contributed by atoms with Crippen molar-refractivity contribution in [3.05, 3.63) is 16.1 Å². The number of aromatic nitrogens is 1. The zero-order valence-electron chi connectivity index (χ0n) is 13.0. The number of rotatable bonds is 5. The molecule has 0 saturated carbocycles. The van der Waals surface area contributed by atoms with Crippen molar-refractivity contribution in [2.45, 2.75) is 59.2 Å². The largest absolute Gasteiger partial charge is 0.342 e. The molecule has 0 aliphatic carbocycles. The van der Waals surface area contributed by atoms with Gasteiger partial charge in [0.1, 0.15) is 17.1 Å². The Kier molecular flexibility index (Phi) is 4.98. The minimum absolute atomic E-state index is 0.00435. The van der Waals surface area contributed by atoms with E-state index in [4.69, 9.17) is 0 Å². The van der Waals surface area contributed by atoms with Crippen LogP contribution in [0.2, 0.25) is 0 Å². The lowest BCUT2D eigenvalue weighted by atomic mass is 9.94. The van der Waals surface area contributed by atoms with Crippen molar-refractivity contribution >= 4 is 23.2 Å². The van der Waals surface area contributed by atoms with E-state index in [1.807, 2.05) is 20.0 Å². The Morgan fingerprint density at radius 1 is 1.43 bits per heavy atom. The highest BCUT2D eigenvalue weighted by Gasteiger charge is 2.40. The van der Waals surface area contributed by atoms with Gasteiger partial charge in [0.2, 0.25) is 11.8 Å². The van der Waals surface area contributed by atoms with E-state index in [0.29, 0.717) is 6.54 Å². The van der Waals surface area contributed by atoms with Gasteiger partial charge < -0.3 is 10.2 Å². The summed E-state index contributed by atoms with van der Waals surface area (Å²) in [6, 6.07) is -0.851. The second kappa shape index (κ2) is 6.56. The summed E-state index contributed by atoms with van der Waals surface area (Å²) in [5, 5.41) is 3.74. The van der Waals surface area contributed by atoms with Crippen LogP contribution in [0.1, 0.15) is 44.0 Å². The standard InChI is InChI=1S/C15H23N3O2S/c1-5-9(3)13-15(20)18(10(4)14(19)17-13)8-12-16-7-11(6-2)21-12/h7,9-10,13H,5-6,8H2,1-4H3,(H,17,19). The zero-order chi connectivity index (χ0) is 15.6. The summed E-state index contributed by atoms with van der Waals surface area (Å²) in [6.45, 7) is 8.30. The summed E-state index contributed by atoms with van der Waals surface area (Å²) < 4.78 is 0. The normalized spacial score (nSPS) is 24.1. The van der Waals surface area contributed by atoms with Crippen LogP contribution < -0.4 is 5.32 Å². The lowest BCUT2D eigenvalue weighted by Crippen LogP contribution is -2.63. The van der Waals surface area contributed by atoms with Crippen LogP contribution in [0.25, 0.3) is 0 Å². The third kappa shape index (κ3) is 3.26. The van der Waals surface area contributed by atoms with Gasteiger partial charge in [-0.25, -0.2) is 4.98 Å². The number of carbonyl (C=O) groups excluding carboxylic acids is 2. The first-order valence-electron chi connectivity index (χ1n) is 7.52. The van der Waals surface area contributed by atoms with Crippen LogP contribution in [0, 0.1) is 5.92 Å². The van der Waals surface area contributed by atoms with Crippen LogP contribution in [0.5, 0.6) is 0 Å². The van der Waals surface area contributed by atoms with Crippen LogP contribution in [0.15, 0.2) is 6.20 Å². The van der Waals surface area contributed by atoms with E-state index < -0.39 is 12.1 Å². The SMILES string of the molecule is CCc1cnc(CN2C(=O)C(C(C)CC)NC(=O)C2C)s1. The quantitative estimate of drug-likeness (QED) is 0.904. The van der Waals surface area contributed by atoms with Crippen LogP contribution in [0.3, 0.4) is 0 Å². The number of piperazine rings is 1. The number of carbonyl (C=O) groups is 2. The maximum absolute atomic E-state index is 12.7. The molecule has 6 heteroatoms. The van der Waals surface area contributed by atoms with E-state index in [9.17, 15) is 9.59 Å². The van der Waals surface area contributed by atoms with Crippen LogP contribution in [-0.2, 0) is 22.6 Å². The van der Waals surface area contributed by atoms with E-state index in [-0.39, 0.29) is 17.7 Å². The summed E-state index contributed by atoms with van der Waals surface area (Å²) >= 11 is 1.61. The summed E-state index contributed by atoms with van der Waals surface area (Å²) in [6.07, 6.45) is 3.65. The molecule has 3 atom stereocenters. The molecule has 0 bridgehead atoms. The molecule has 5 nitrogen and oxygen atoms in total. The highest BCUT2D eigenvalue weighted by atomic mass is 32.1. The van der Waals surface area contributed by atoms with E-state index >= 15 is 0 Å². The minimum Gasteiger partial charge on any atom is -0.342 e. The predicted molar refractivity (Wildman–Crippen MR) is 82.9 cm³/mol. The molecule has 2 rings (SSSR count). The third-order valence-electron chi connectivity index (χ3n) is 4.16. The Bertz CT molecular complexity index is 529. The number of thiazole rings is 1. The molecule has 1 saturated heterocycles. The van der Waals surface area contributed by atoms with Gasteiger partial charge in [0.15, 0.2) is 0 Å². The molecule has 0 radical (unpaired) electrons. The fourth-order valence-electron chi connectivity index (χ4n) is 2.41. The van der Waals surface area contributed by atoms with Crippen molar-refractivity contribution in [3.63, 3.8) is 0 Å². The number of nitrogens with zero attached hydrogens (tertiary/aromatic N) is 2. The Hall–Kier alpha value is -1.43. The first-order chi connectivity index (χ1) is 9.97. The monoisotopic (exact) mass is 309 g/mol. The second-order valence-corrected chi connectivity index (χ2v) is 6.79. The molecule has 116 valence electrons. The lowest BCUT2D eigenvalue weighted by Gasteiger charge is -2.39. The third-order valence-corrected chi connectivity index (χ3v) is 5.29. The van der Waals surface area contributed by atoms with Crippen molar-refractivity contribution in [3.8, 4) is 0 Å². The summed E-state index contributed by atoms with van der Waals surface area (Å²) in [4.78, 5) is 32.0. The van der Waals surface area contributed by atoms with E-state index in [1.54, 1.807) is 23.2 Å². The molecular weight excluding hydrogens is 286 g/mol. The summed E-state index contributed by atoms with van der Waals surface area (Å²) in [7, 11) is 0. The number of aryl methyl sites for hydroxylation is 1. The maximum atomic E-state index is 12.7. The lowest BCUT2D eigenvalue weighted by molar-refractivity contribution is -0.150. The van der Waals surface area contributed by atoms with Gasteiger partial charge in [-0.2, -0.15) is 0 Å². The average Bonchev–Trinajstić information content (AvgIpc) is 2.94. The Morgan fingerprint density at radius 3 is 2.71 bits per heavy atom. The van der Waals surface area contributed by atoms with E-state index in [2.05, 4.69) is 17.2 Å². The van der Waals surface area contributed by atoms with Crippen LogP contribution in [-0.4, -0.2) is 33.8 Å². The van der Waals surface area contributed by atoms with E-state index in [0.717, 1.165) is 17.8 Å². The molecule has 0 aromatic carbocycles. The van der Waals surface area contributed by atoms with Gasteiger partial charge in [0, 0.05) is 11.1 Å². The zero-order valence-corrected chi connectivity index (χ0v) is 13.9. The second-order valence-electron chi connectivity index (χ2n) is 5.59. The van der Waals surface area contributed by atoms with Gasteiger partial charge in [-0.15, -0.1) is 11.3 Å². The molecule has 0 spiro atoms. The van der Waals surface area contributed by atoms with Gasteiger partial charge in [0.25, 0.3) is 0 Å². The number of hydrogen-bond donors (Lipinski definition) is 1. The van der Waals surface area contributed by atoms with Crippen molar-refractivity contribution in [2.75, 3.05) is 0 Å². The fourth-order valence-corrected chi connectivity index (χ4v) is 3.27.